The number of aryl methyl sites for hydroxylation is 2. The molecule has 0 amide bonds. The maximum Gasteiger partial charge on any atom is 0.169 e. The number of aromatic amines is 1. The second-order valence-electron chi connectivity index (χ2n) is 6.00. The fraction of sp³-hybridized carbons (Fsp3) is 0.353. The maximum absolute atomic E-state index is 4.76. The Labute approximate surface area is 139 Å². The number of aromatic nitrogens is 4. The third-order valence-corrected chi connectivity index (χ3v) is 5.17. The molecular weight excluding hydrogens is 306 g/mol. The van der Waals surface area contributed by atoms with Crippen LogP contribution in [0.1, 0.15) is 28.5 Å². The molecule has 1 aliphatic rings. The van der Waals surface area contributed by atoms with Crippen molar-refractivity contribution in [3.63, 3.8) is 0 Å². The van der Waals surface area contributed by atoms with Gasteiger partial charge < -0.3 is 4.98 Å². The highest BCUT2D eigenvalue weighted by atomic mass is 32.1. The summed E-state index contributed by atoms with van der Waals surface area (Å²) in [6.45, 7) is 6.85. The lowest BCUT2D eigenvalue weighted by Crippen LogP contribution is -2.31. The maximum atomic E-state index is 4.76. The Hall–Kier alpha value is -2.05. The SMILES string of the molecule is Cc1nc(CN2CCc3nc(-c4cccs4)ncc3C2)[nH]c1C. The van der Waals surface area contributed by atoms with E-state index in [4.69, 9.17) is 4.98 Å². The zero-order chi connectivity index (χ0) is 15.8. The van der Waals surface area contributed by atoms with E-state index in [-0.39, 0.29) is 0 Å². The lowest BCUT2D eigenvalue weighted by Gasteiger charge is -2.27. The molecule has 3 aromatic heterocycles. The lowest BCUT2D eigenvalue weighted by molar-refractivity contribution is 0.237. The summed E-state index contributed by atoms with van der Waals surface area (Å²) in [5.41, 5.74) is 4.66. The van der Waals surface area contributed by atoms with E-state index >= 15 is 0 Å². The first-order valence-corrected chi connectivity index (χ1v) is 8.70. The first kappa shape index (κ1) is 14.5. The Kier molecular flexibility index (Phi) is 3.71. The molecule has 0 fully saturated rings. The quantitative estimate of drug-likeness (QED) is 0.804. The van der Waals surface area contributed by atoms with Gasteiger partial charge in [-0.05, 0) is 25.3 Å². The Morgan fingerprint density at radius 3 is 2.96 bits per heavy atom. The number of hydrogen-bond donors (Lipinski definition) is 1. The molecule has 5 nitrogen and oxygen atoms in total. The van der Waals surface area contributed by atoms with E-state index in [9.17, 15) is 0 Å². The molecule has 0 unspecified atom stereocenters. The molecule has 0 bridgehead atoms. The van der Waals surface area contributed by atoms with Crippen LogP contribution in [0.2, 0.25) is 0 Å². The fourth-order valence-corrected chi connectivity index (χ4v) is 3.61. The molecule has 1 N–H and O–H groups in total. The Morgan fingerprint density at radius 2 is 2.22 bits per heavy atom. The van der Waals surface area contributed by atoms with Crippen molar-refractivity contribution in [2.45, 2.75) is 33.4 Å². The van der Waals surface area contributed by atoms with E-state index in [1.54, 1.807) is 11.3 Å². The van der Waals surface area contributed by atoms with Crippen molar-refractivity contribution < 1.29 is 0 Å². The zero-order valence-electron chi connectivity index (χ0n) is 13.3. The van der Waals surface area contributed by atoms with Gasteiger partial charge in [0, 0.05) is 37.0 Å². The van der Waals surface area contributed by atoms with Crippen molar-refractivity contribution in [2.24, 2.45) is 0 Å². The molecule has 0 atom stereocenters. The molecule has 6 heteroatoms. The zero-order valence-corrected chi connectivity index (χ0v) is 14.2. The highest BCUT2D eigenvalue weighted by Crippen LogP contribution is 2.24. The molecular formula is C17H19N5S. The van der Waals surface area contributed by atoms with E-state index in [2.05, 4.69) is 38.2 Å². The third-order valence-electron chi connectivity index (χ3n) is 4.31. The van der Waals surface area contributed by atoms with Crippen LogP contribution >= 0.6 is 11.3 Å². The van der Waals surface area contributed by atoms with Gasteiger partial charge in [0.1, 0.15) is 5.82 Å². The van der Waals surface area contributed by atoms with Gasteiger partial charge in [0.15, 0.2) is 5.82 Å². The molecule has 118 valence electrons. The molecule has 0 aromatic carbocycles. The van der Waals surface area contributed by atoms with Crippen LogP contribution in [-0.4, -0.2) is 31.4 Å². The van der Waals surface area contributed by atoms with Crippen LogP contribution < -0.4 is 0 Å². The molecule has 23 heavy (non-hydrogen) atoms. The summed E-state index contributed by atoms with van der Waals surface area (Å²) in [6.07, 6.45) is 2.96. The highest BCUT2D eigenvalue weighted by Gasteiger charge is 2.20. The van der Waals surface area contributed by atoms with Gasteiger partial charge in [0.05, 0.1) is 22.8 Å². The predicted octanol–water partition coefficient (Wildman–Crippen LogP) is 3.10. The van der Waals surface area contributed by atoms with E-state index in [1.165, 1.54) is 11.3 Å². The van der Waals surface area contributed by atoms with E-state index in [1.807, 2.05) is 19.2 Å². The summed E-state index contributed by atoms with van der Waals surface area (Å²) in [4.78, 5) is 20.8. The highest BCUT2D eigenvalue weighted by molar-refractivity contribution is 7.13. The van der Waals surface area contributed by atoms with Gasteiger partial charge in [0.2, 0.25) is 0 Å². The van der Waals surface area contributed by atoms with Crippen LogP contribution in [0.5, 0.6) is 0 Å². The van der Waals surface area contributed by atoms with Gasteiger partial charge >= 0.3 is 0 Å². The smallest absolute Gasteiger partial charge is 0.169 e. The Bertz CT molecular complexity index is 802. The summed E-state index contributed by atoms with van der Waals surface area (Å²) in [5.74, 6) is 1.89. The van der Waals surface area contributed by atoms with Gasteiger partial charge in [-0.2, -0.15) is 0 Å². The standard InChI is InChI=1S/C17H19N5S/c1-11-12(2)20-16(19-11)10-22-6-5-14-13(9-22)8-18-17(21-14)15-4-3-7-23-15/h3-4,7-8H,5-6,9-10H2,1-2H3,(H,19,20). The summed E-state index contributed by atoms with van der Waals surface area (Å²) in [5, 5.41) is 2.06. The average Bonchev–Trinajstić information content (AvgIpc) is 3.18. The number of imidazole rings is 1. The summed E-state index contributed by atoms with van der Waals surface area (Å²) in [7, 11) is 0. The van der Waals surface area contributed by atoms with E-state index in [0.717, 1.165) is 54.0 Å². The largest absolute Gasteiger partial charge is 0.345 e. The van der Waals surface area contributed by atoms with Crippen LogP contribution in [0.3, 0.4) is 0 Å². The minimum absolute atomic E-state index is 0.848. The fourth-order valence-electron chi connectivity index (χ4n) is 2.94. The van der Waals surface area contributed by atoms with E-state index in [0.29, 0.717) is 0 Å². The molecule has 1 aliphatic heterocycles. The number of H-pyrrole nitrogens is 1. The summed E-state index contributed by atoms with van der Waals surface area (Å²) < 4.78 is 0. The van der Waals surface area contributed by atoms with Gasteiger partial charge in [-0.25, -0.2) is 15.0 Å². The second kappa shape index (κ2) is 5.86. The van der Waals surface area contributed by atoms with Gasteiger partial charge in [-0.3, -0.25) is 4.90 Å². The Morgan fingerprint density at radius 1 is 1.30 bits per heavy atom. The average molecular weight is 325 g/mol. The number of nitrogens with zero attached hydrogens (tertiary/aromatic N) is 4. The summed E-state index contributed by atoms with van der Waals surface area (Å²) in [6, 6.07) is 4.11. The molecule has 0 aliphatic carbocycles. The van der Waals surface area contributed by atoms with Crippen LogP contribution in [0.25, 0.3) is 10.7 Å². The molecule has 4 heterocycles. The van der Waals surface area contributed by atoms with Crippen LogP contribution in [-0.2, 0) is 19.5 Å². The normalized spacial score (nSPS) is 14.9. The second-order valence-corrected chi connectivity index (χ2v) is 6.95. The van der Waals surface area contributed by atoms with Crippen molar-refractivity contribution in [3.05, 3.63) is 52.2 Å². The van der Waals surface area contributed by atoms with Gasteiger partial charge in [-0.1, -0.05) is 6.07 Å². The number of nitrogens with one attached hydrogen (secondary N) is 1. The number of fused-ring (bicyclic) bond motifs is 1. The van der Waals surface area contributed by atoms with Crippen molar-refractivity contribution in [1.29, 1.82) is 0 Å². The molecule has 0 saturated carbocycles. The molecule has 0 radical (unpaired) electrons. The van der Waals surface area contributed by atoms with E-state index < -0.39 is 0 Å². The van der Waals surface area contributed by atoms with Crippen LogP contribution in [0.4, 0.5) is 0 Å². The van der Waals surface area contributed by atoms with Gasteiger partial charge in [-0.15, -0.1) is 11.3 Å². The minimum atomic E-state index is 0.848. The van der Waals surface area contributed by atoms with Gasteiger partial charge in [0.25, 0.3) is 0 Å². The number of thiophene rings is 1. The molecule has 4 rings (SSSR count). The monoisotopic (exact) mass is 325 g/mol. The molecule has 0 spiro atoms. The van der Waals surface area contributed by atoms with Crippen molar-refractivity contribution in [2.75, 3.05) is 6.54 Å². The lowest BCUT2D eigenvalue weighted by atomic mass is 10.1. The van der Waals surface area contributed by atoms with Crippen molar-refractivity contribution >= 4 is 11.3 Å². The van der Waals surface area contributed by atoms with Crippen molar-refractivity contribution in [1.82, 2.24) is 24.8 Å². The first-order valence-electron chi connectivity index (χ1n) is 7.82. The molecule has 3 aromatic rings. The Balaban J connectivity index is 1.51. The van der Waals surface area contributed by atoms with Crippen LogP contribution in [0.15, 0.2) is 23.7 Å². The topological polar surface area (TPSA) is 57.7 Å². The van der Waals surface area contributed by atoms with Crippen molar-refractivity contribution in [3.8, 4) is 10.7 Å². The predicted molar refractivity (Wildman–Crippen MR) is 91.2 cm³/mol. The number of hydrogen-bond acceptors (Lipinski definition) is 5. The third kappa shape index (κ3) is 2.92. The van der Waals surface area contributed by atoms with Crippen LogP contribution in [0, 0.1) is 13.8 Å². The number of rotatable bonds is 3. The summed E-state index contributed by atoms with van der Waals surface area (Å²) >= 11 is 1.68. The minimum Gasteiger partial charge on any atom is -0.345 e. The molecule has 0 saturated heterocycles. The first-order chi connectivity index (χ1) is 11.2.